The van der Waals surface area contributed by atoms with Crippen LogP contribution >= 0.6 is 0 Å². The molecule has 2 rings (SSSR count). The van der Waals surface area contributed by atoms with Crippen LogP contribution in [-0.2, 0) is 0 Å². The van der Waals surface area contributed by atoms with Gasteiger partial charge in [0.15, 0.2) is 0 Å². The van der Waals surface area contributed by atoms with Gasteiger partial charge in [0.2, 0.25) is 0 Å². The smallest absolute Gasteiger partial charge is 0.493 e. The SMILES string of the molecule is Cc1ccc(OC2CCC(C)CC2)c([B-](F)(F)F)c1. The first-order valence-electron chi connectivity index (χ1n) is 6.83. The van der Waals surface area contributed by atoms with Crippen LogP contribution in [0.1, 0.15) is 38.2 Å². The molecule has 19 heavy (non-hydrogen) atoms. The molecule has 0 atom stereocenters. The molecule has 1 saturated carbocycles. The van der Waals surface area contributed by atoms with Crippen molar-refractivity contribution in [3.05, 3.63) is 23.8 Å². The molecule has 0 aromatic heterocycles. The minimum absolute atomic E-state index is 0.00217. The molecule has 0 spiro atoms. The lowest BCUT2D eigenvalue weighted by Gasteiger charge is -2.29. The van der Waals surface area contributed by atoms with E-state index in [1.807, 2.05) is 0 Å². The lowest BCUT2D eigenvalue weighted by atomic mass is 9.78. The molecule has 0 amide bonds. The Morgan fingerprint density at radius 3 is 2.32 bits per heavy atom. The molecule has 1 fully saturated rings. The van der Waals surface area contributed by atoms with E-state index in [0.29, 0.717) is 11.5 Å². The topological polar surface area (TPSA) is 9.23 Å². The fraction of sp³-hybridized carbons (Fsp3) is 0.571. The van der Waals surface area contributed by atoms with E-state index in [1.165, 1.54) is 12.1 Å². The minimum atomic E-state index is -5.02. The normalized spacial score (nSPS) is 24.3. The molecule has 1 aromatic rings. The second-order valence-corrected chi connectivity index (χ2v) is 5.62. The van der Waals surface area contributed by atoms with E-state index in [2.05, 4.69) is 6.92 Å². The molecule has 106 valence electrons. The summed E-state index contributed by atoms with van der Waals surface area (Å²) >= 11 is 0. The van der Waals surface area contributed by atoms with Gasteiger partial charge in [0.1, 0.15) is 0 Å². The second kappa shape index (κ2) is 5.47. The van der Waals surface area contributed by atoms with Crippen LogP contribution in [0, 0.1) is 12.8 Å². The first-order chi connectivity index (χ1) is 8.86. The third kappa shape index (κ3) is 3.67. The zero-order chi connectivity index (χ0) is 14.0. The highest BCUT2D eigenvalue weighted by Gasteiger charge is 2.30. The van der Waals surface area contributed by atoms with Crippen LogP contribution in [-0.4, -0.2) is 13.1 Å². The zero-order valence-electron chi connectivity index (χ0n) is 11.3. The Labute approximate surface area is 112 Å². The number of hydrogen-bond acceptors (Lipinski definition) is 1. The van der Waals surface area contributed by atoms with Crippen LogP contribution in [0.2, 0.25) is 0 Å². The van der Waals surface area contributed by atoms with E-state index >= 15 is 0 Å². The van der Waals surface area contributed by atoms with Crippen LogP contribution in [0.4, 0.5) is 12.9 Å². The lowest BCUT2D eigenvalue weighted by Crippen LogP contribution is -2.37. The van der Waals surface area contributed by atoms with Crippen molar-refractivity contribution in [2.45, 2.75) is 45.6 Å². The van der Waals surface area contributed by atoms with Crippen LogP contribution in [0.25, 0.3) is 0 Å². The van der Waals surface area contributed by atoms with Gasteiger partial charge in [-0.2, -0.15) is 0 Å². The van der Waals surface area contributed by atoms with Gasteiger partial charge in [-0.1, -0.05) is 30.1 Å². The zero-order valence-corrected chi connectivity index (χ0v) is 11.3. The van der Waals surface area contributed by atoms with Crippen LogP contribution in [0.5, 0.6) is 5.75 Å². The molecular weight excluding hydrogens is 252 g/mol. The number of hydrogen-bond donors (Lipinski definition) is 0. The van der Waals surface area contributed by atoms with Crippen molar-refractivity contribution in [1.82, 2.24) is 0 Å². The maximum atomic E-state index is 13.0. The van der Waals surface area contributed by atoms with E-state index in [9.17, 15) is 12.9 Å². The van der Waals surface area contributed by atoms with Crippen molar-refractivity contribution >= 4 is 12.4 Å². The molecule has 1 aliphatic carbocycles. The Hall–Kier alpha value is -1.13. The third-order valence-corrected chi connectivity index (χ3v) is 3.77. The number of rotatable bonds is 3. The maximum absolute atomic E-state index is 13.0. The fourth-order valence-corrected chi connectivity index (χ4v) is 2.56. The van der Waals surface area contributed by atoms with Crippen molar-refractivity contribution in [2.24, 2.45) is 5.92 Å². The van der Waals surface area contributed by atoms with E-state index in [-0.39, 0.29) is 11.9 Å². The van der Waals surface area contributed by atoms with Gasteiger partial charge in [-0.25, -0.2) is 0 Å². The average Bonchev–Trinajstić information content (AvgIpc) is 2.33. The standard InChI is InChI=1S/C14H19BF3O/c1-10-3-6-12(7-4-10)19-14-8-5-11(2)9-13(14)15(16,17)18/h5,8-10,12H,3-4,6-7H2,1-2H3/q-1. The van der Waals surface area contributed by atoms with Gasteiger partial charge in [0.05, 0.1) is 11.9 Å². The first kappa shape index (κ1) is 14.3. The first-order valence-corrected chi connectivity index (χ1v) is 6.83. The second-order valence-electron chi connectivity index (χ2n) is 5.62. The van der Waals surface area contributed by atoms with E-state index < -0.39 is 12.4 Å². The largest absolute Gasteiger partial charge is 0.513 e. The summed E-state index contributed by atoms with van der Waals surface area (Å²) in [4.78, 5) is 0. The lowest BCUT2D eigenvalue weighted by molar-refractivity contribution is 0.136. The summed E-state index contributed by atoms with van der Waals surface area (Å²) in [6.07, 6.45) is 3.68. The number of halogens is 3. The van der Waals surface area contributed by atoms with Crippen LogP contribution in [0.15, 0.2) is 18.2 Å². The molecule has 0 aliphatic heterocycles. The molecule has 0 saturated heterocycles. The van der Waals surface area contributed by atoms with Crippen molar-refractivity contribution in [2.75, 3.05) is 0 Å². The molecule has 0 heterocycles. The van der Waals surface area contributed by atoms with Gasteiger partial charge < -0.3 is 17.7 Å². The van der Waals surface area contributed by atoms with E-state index in [4.69, 9.17) is 4.74 Å². The number of aryl methyl sites for hydroxylation is 1. The molecule has 0 N–H and O–H groups in total. The molecule has 0 radical (unpaired) electrons. The summed E-state index contributed by atoms with van der Waals surface area (Å²) in [6.45, 7) is -1.18. The van der Waals surface area contributed by atoms with Gasteiger partial charge in [0.25, 0.3) is 0 Å². The molecule has 5 heteroatoms. The summed E-state index contributed by atoms with van der Waals surface area (Å²) in [5.74, 6) is 0.654. The molecular formula is C14H19BF3O-. The van der Waals surface area contributed by atoms with Gasteiger partial charge in [-0.15, -0.1) is 0 Å². The highest BCUT2D eigenvalue weighted by Crippen LogP contribution is 2.28. The number of ether oxygens (including phenoxy) is 1. The van der Waals surface area contributed by atoms with Crippen molar-refractivity contribution in [1.29, 1.82) is 0 Å². The Morgan fingerprint density at radius 1 is 1.11 bits per heavy atom. The fourth-order valence-electron chi connectivity index (χ4n) is 2.56. The summed E-state index contributed by atoms with van der Waals surface area (Å²) in [7, 11) is 0. The molecule has 0 bridgehead atoms. The quantitative estimate of drug-likeness (QED) is 0.755. The molecule has 1 aromatic carbocycles. The Kier molecular flexibility index (Phi) is 4.12. The highest BCUT2D eigenvalue weighted by atomic mass is 19.4. The highest BCUT2D eigenvalue weighted by molar-refractivity contribution is 6.74. The van der Waals surface area contributed by atoms with Crippen molar-refractivity contribution in [3.63, 3.8) is 0 Å². The monoisotopic (exact) mass is 271 g/mol. The van der Waals surface area contributed by atoms with Gasteiger partial charge >= 0.3 is 6.98 Å². The molecule has 1 aliphatic rings. The summed E-state index contributed by atoms with van der Waals surface area (Å²) < 4.78 is 44.7. The van der Waals surface area contributed by atoms with Crippen molar-refractivity contribution < 1.29 is 17.7 Å². The van der Waals surface area contributed by atoms with Gasteiger partial charge in [0, 0.05) is 0 Å². The Bertz CT molecular complexity index is 437. The van der Waals surface area contributed by atoms with Gasteiger partial charge in [-0.05, 0) is 44.6 Å². The van der Waals surface area contributed by atoms with E-state index in [0.717, 1.165) is 25.7 Å². The predicted molar refractivity (Wildman–Crippen MR) is 71.9 cm³/mol. The number of benzene rings is 1. The summed E-state index contributed by atoms with van der Waals surface area (Å²) in [6, 6.07) is 4.31. The predicted octanol–water partition coefficient (Wildman–Crippen LogP) is 4.01. The van der Waals surface area contributed by atoms with Gasteiger partial charge in [-0.3, -0.25) is 0 Å². The third-order valence-electron chi connectivity index (χ3n) is 3.77. The van der Waals surface area contributed by atoms with Crippen molar-refractivity contribution in [3.8, 4) is 5.75 Å². The van der Waals surface area contributed by atoms with Crippen LogP contribution < -0.4 is 10.2 Å². The summed E-state index contributed by atoms with van der Waals surface area (Å²) in [5.41, 5.74) is 0.0115. The average molecular weight is 271 g/mol. The van der Waals surface area contributed by atoms with Crippen LogP contribution in [0.3, 0.4) is 0 Å². The Balaban J connectivity index is 2.16. The molecule has 0 unspecified atom stereocenters. The summed E-state index contributed by atoms with van der Waals surface area (Å²) in [5, 5.41) is 0. The Morgan fingerprint density at radius 2 is 1.74 bits per heavy atom. The maximum Gasteiger partial charge on any atom is 0.513 e. The van der Waals surface area contributed by atoms with E-state index in [1.54, 1.807) is 13.0 Å². The minimum Gasteiger partial charge on any atom is -0.493 e. The molecule has 1 nitrogen and oxygen atoms in total.